The van der Waals surface area contributed by atoms with Crippen molar-refractivity contribution < 1.29 is 23.5 Å². The summed E-state index contributed by atoms with van der Waals surface area (Å²) >= 11 is 0. The summed E-state index contributed by atoms with van der Waals surface area (Å²) in [6.07, 6.45) is 4.99. The van der Waals surface area contributed by atoms with Crippen molar-refractivity contribution in [3.63, 3.8) is 0 Å². The highest BCUT2D eigenvalue weighted by molar-refractivity contribution is 5.72. The lowest BCUT2D eigenvalue weighted by Gasteiger charge is -2.66. The number of esters is 1. The van der Waals surface area contributed by atoms with Crippen molar-refractivity contribution in [2.75, 3.05) is 13.2 Å². The molecule has 3 fully saturated rings. The van der Waals surface area contributed by atoms with Crippen molar-refractivity contribution in [1.82, 2.24) is 14.3 Å². The van der Waals surface area contributed by atoms with Crippen molar-refractivity contribution in [2.45, 2.75) is 71.2 Å². The molecule has 2 bridgehead atoms. The van der Waals surface area contributed by atoms with Crippen molar-refractivity contribution in [1.29, 1.82) is 0 Å². The molecule has 0 saturated heterocycles. The second-order valence-electron chi connectivity index (χ2n) is 10.0. The first-order valence-corrected chi connectivity index (χ1v) is 10.8. The number of imidazole rings is 1. The number of halogens is 1. The maximum absolute atomic E-state index is 14.0. The summed E-state index contributed by atoms with van der Waals surface area (Å²) in [6.45, 7) is 8.46. The normalized spacial score (nSPS) is 24.3. The highest BCUT2D eigenvalue weighted by Crippen LogP contribution is 2.69. The third-order valence-electron chi connectivity index (χ3n) is 5.82. The number of alkyl halides is 1. The van der Waals surface area contributed by atoms with Gasteiger partial charge in [0.05, 0.1) is 25.3 Å². The van der Waals surface area contributed by atoms with Crippen LogP contribution in [-0.4, -0.2) is 50.8 Å². The molecule has 5 rings (SSSR count). The van der Waals surface area contributed by atoms with Gasteiger partial charge in [-0.1, -0.05) is 6.07 Å². The second-order valence-corrected chi connectivity index (χ2v) is 10.0. The van der Waals surface area contributed by atoms with E-state index in [9.17, 15) is 14.0 Å². The molecule has 3 aliphatic carbocycles. The molecule has 0 atom stereocenters. The Morgan fingerprint density at radius 3 is 2.55 bits per heavy atom. The molecule has 2 heterocycles. The summed E-state index contributed by atoms with van der Waals surface area (Å²) in [5.74, 6) is -0.313. The van der Waals surface area contributed by atoms with Crippen LogP contribution in [0, 0.1) is 5.41 Å². The Morgan fingerprint density at radius 1 is 1.23 bits per heavy atom. The van der Waals surface area contributed by atoms with E-state index >= 15 is 0 Å². The molecule has 1 amide bonds. The Bertz CT molecular complexity index is 990. The quantitative estimate of drug-likeness (QED) is 0.618. The van der Waals surface area contributed by atoms with E-state index in [1.807, 2.05) is 43.5 Å². The lowest BCUT2D eigenvalue weighted by Crippen LogP contribution is -2.68. The highest BCUT2D eigenvalue weighted by Gasteiger charge is 2.69. The Hall–Kier alpha value is -2.64. The molecule has 31 heavy (non-hydrogen) atoms. The average molecular weight is 432 g/mol. The van der Waals surface area contributed by atoms with E-state index in [1.165, 1.54) is 0 Å². The minimum absolute atomic E-state index is 0.113. The fourth-order valence-electron chi connectivity index (χ4n) is 4.79. The monoisotopic (exact) mass is 431 g/mol. The number of aromatic nitrogens is 2. The van der Waals surface area contributed by atoms with Crippen LogP contribution in [0.2, 0.25) is 0 Å². The van der Waals surface area contributed by atoms with Crippen LogP contribution in [0.4, 0.5) is 9.18 Å². The predicted octanol–water partition coefficient (Wildman–Crippen LogP) is 4.07. The van der Waals surface area contributed by atoms with Gasteiger partial charge in [0.1, 0.15) is 16.9 Å². The van der Waals surface area contributed by atoms with Gasteiger partial charge in [-0.05, 0) is 64.0 Å². The van der Waals surface area contributed by atoms with Gasteiger partial charge in [0.2, 0.25) is 0 Å². The van der Waals surface area contributed by atoms with E-state index in [1.54, 1.807) is 18.0 Å². The number of hydrogen-bond acceptors (Lipinski definition) is 5. The average Bonchev–Trinajstić information content (AvgIpc) is 2.98. The Morgan fingerprint density at radius 2 is 1.94 bits per heavy atom. The topological polar surface area (TPSA) is 73.1 Å². The number of nitrogens with zero attached hydrogens (tertiary/aromatic N) is 3. The third-order valence-corrected chi connectivity index (χ3v) is 5.82. The summed E-state index contributed by atoms with van der Waals surface area (Å²) in [7, 11) is 0. The number of amides is 1. The van der Waals surface area contributed by atoms with E-state index in [2.05, 4.69) is 4.98 Å². The minimum Gasteiger partial charge on any atom is -0.466 e. The number of carbonyl (C=O) groups is 2. The van der Waals surface area contributed by atoms with Gasteiger partial charge in [0, 0.05) is 18.9 Å². The van der Waals surface area contributed by atoms with E-state index in [0.717, 1.165) is 5.56 Å². The molecule has 7 nitrogen and oxygen atoms in total. The van der Waals surface area contributed by atoms with Gasteiger partial charge in [-0.3, -0.25) is 4.79 Å². The molecular weight excluding hydrogens is 401 g/mol. The van der Waals surface area contributed by atoms with Gasteiger partial charge >= 0.3 is 12.1 Å². The molecule has 2 aromatic heterocycles. The summed E-state index contributed by atoms with van der Waals surface area (Å²) in [5, 5.41) is 0. The SMILES string of the molecule is CCOC(=O)Cc1cn2cc(CN(CC34CC(F)(C3)C4)C(=O)OC(C)(C)C)ccc2n1. The summed E-state index contributed by atoms with van der Waals surface area (Å²) in [4.78, 5) is 30.7. The summed E-state index contributed by atoms with van der Waals surface area (Å²) in [6, 6.07) is 3.77. The van der Waals surface area contributed by atoms with E-state index in [0.29, 0.717) is 50.3 Å². The Balaban J connectivity index is 1.49. The molecule has 3 aliphatic rings. The van der Waals surface area contributed by atoms with Crippen LogP contribution < -0.4 is 0 Å². The van der Waals surface area contributed by atoms with Crippen LogP contribution >= 0.6 is 0 Å². The fraction of sp³-hybridized carbons (Fsp3) is 0.609. The number of hydrogen-bond donors (Lipinski definition) is 0. The zero-order valence-electron chi connectivity index (χ0n) is 18.6. The third kappa shape index (κ3) is 4.67. The van der Waals surface area contributed by atoms with Crippen LogP contribution in [0.3, 0.4) is 0 Å². The second kappa shape index (κ2) is 7.50. The number of carbonyl (C=O) groups excluding carboxylic acids is 2. The van der Waals surface area contributed by atoms with Crippen molar-refractivity contribution in [2.24, 2.45) is 5.41 Å². The lowest BCUT2D eigenvalue weighted by atomic mass is 9.42. The Kier molecular flexibility index (Phi) is 5.22. The molecule has 3 saturated carbocycles. The number of fused-ring (bicyclic) bond motifs is 1. The largest absolute Gasteiger partial charge is 0.466 e. The number of pyridine rings is 1. The molecule has 0 unspecified atom stereocenters. The van der Waals surface area contributed by atoms with Crippen molar-refractivity contribution >= 4 is 17.7 Å². The molecule has 0 spiro atoms. The highest BCUT2D eigenvalue weighted by atomic mass is 19.1. The summed E-state index contributed by atoms with van der Waals surface area (Å²) in [5.41, 5.74) is 0.515. The van der Waals surface area contributed by atoms with Crippen molar-refractivity contribution in [3.05, 3.63) is 35.8 Å². The standard InChI is InChI=1S/C23H30FN3O4/c1-5-30-19(28)8-17-11-26-9-16(6-7-18(26)25-17)10-27(20(29)31-21(2,3)4)15-22-12-23(24,13-22)14-22/h6-7,9,11H,5,8,10,12-15H2,1-4H3. The summed E-state index contributed by atoms with van der Waals surface area (Å²) < 4.78 is 26.4. The van der Waals surface area contributed by atoms with Gasteiger partial charge in [-0.25, -0.2) is 14.2 Å². The van der Waals surface area contributed by atoms with Gasteiger partial charge < -0.3 is 18.8 Å². The first kappa shape index (κ1) is 21.6. The lowest BCUT2D eigenvalue weighted by molar-refractivity contribution is -0.220. The first-order chi connectivity index (χ1) is 14.5. The predicted molar refractivity (Wildman–Crippen MR) is 112 cm³/mol. The zero-order valence-corrected chi connectivity index (χ0v) is 18.6. The van der Waals surface area contributed by atoms with E-state index < -0.39 is 11.3 Å². The fourth-order valence-corrected chi connectivity index (χ4v) is 4.79. The van der Waals surface area contributed by atoms with Crippen LogP contribution in [0.25, 0.3) is 5.65 Å². The minimum atomic E-state index is -1.01. The van der Waals surface area contributed by atoms with Crippen LogP contribution in [0.15, 0.2) is 24.5 Å². The maximum Gasteiger partial charge on any atom is 0.410 e. The molecule has 0 radical (unpaired) electrons. The first-order valence-electron chi connectivity index (χ1n) is 10.8. The van der Waals surface area contributed by atoms with Gasteiger partial charge in [-0.15, -0.1) is 0 Å². The molecule has 0 aliphatic heterocycles. The van der Waals surface area contributed by atoms with Crippen LogP contribution in [-0.2, 0) is 27.2 Å². The molecule has 0 aromatic carbocycles. The smallest absolute Gasteiger partial charge is 0.410 e. The zero-order chi connectivity index (χ0) is 22.4. The van der Waals surface area contributed by atoms with Crippen molar-refractivity contribution in [3.8, 4) is 0 Å². The number of rotatable bonds is 7. The van der Waals surface area contributed by atoms with Gasteiger partial charge in [0.15, 0.2) is 0 Å². The van der Waals surface area contributed by atoms with Crippen LogP contribution in [0.1, 0.15) is 58.2 Å². The molecule has 0 N–H and O–H groups in total. The molecule has 8 heteroatoms. The van der Waals surface area contributed by atoms with Gasteiger partial charge in [0.25, 0.3) is 0 Å². The maximum atomic E-state index is 14.0. The Labute approximate surface area is 181 Å². The molecule has 2 aromatic rings. The van der Waals surface area contributed by atoms with Crippen LogP contribution in [0.5, 0.6) is 0 Å². The molecular formula is C23H30FN3O4. The van der Waals surface area contributed by atoms with Gasteiger partial charge in [-0.2, -0.15) is 0 Å². The van der Waals surface area contributed by atoms with E-state index in [-0.39, 0.29) is 23.9 Å². The number of ether oxygens (including phenoxy) is 2. The molecule has 168 valence electrons. The van der Waals surface area contributed by atoms with E-state index in [4.69, 9.17) is 9.47 Å².